The maximum Gasteiger partial charge on any atom is 0.321 e. The van der Waals surface area contributed by atoms with Crippen molar-refractivity contribution in [2.24, 2.45) is 9.98 Å². The lowest BCUT2D eigenvalue weighted by atomic mass is 9.98. The topological polar surface area (TPSA) is 66.3 Å². The summed E-state index contributed by atoms with van der Waals surface area (Å²) >= 11 is 7.51. The van der Waals surface area contributed by atoms with Gasteiger partial charge in [-0.2, -0.15) is 0 Å². The van der Waals surface area contributed by atoms with Crippen LogP contribution in [0.25, 0.3) is 0 Å². The van der Waals surface area contributed by atoms with Crippen molar-refractivity contribution >= 4 is 45.8 Å². The molecule has 0 unspecified atom stereocenters. The molecule has 6 nitrogen and oxygen atoms in total. The van der Waals surface area contributed by atoms with E-state index in [4.69, 9.17) is 26.3 Å². The highest BCUT2D eigenvalue weighted by atomic mass is 35.5. The van der Waals surface area contributed by atoms with Crippen LogP contribution in [0.4, 0.5) is 10.5 Å². The number of nitrogens with one attached hydrogen (secondary N) is 1. The van der Waals surface area contributed by atoms with Gasteiger partial charge in [-0.1, -0.05) is 11.6 Å². The molecule has 1 fully saturated rings. The summed E-state index contributed by atoms with van der Waals surface area (Å²) in [6, 6.07) is 14.9. The van der Waals surface area contributed by atoms with E-state index in [0.29, 0.717) is 31.0 Å². The van der Waals surface area contributed by atoms with Crippen molar-refractivity contribution in [3.8, 4) is 5.75 Å². The highest BCUT2D eigenvalue weighted by Crippen LogP contribution is 2.35. The molecule has 30 heavy (non-hydrogen) atoms. The van der Waals surface area contributed by atoms with Crippen LogP contribution in [0, 0.1) is 0 Å². The molecule has 2 aliphatic rings. The van der Waals surface area contributed by atoms with E-state index < -0.39 is 5.66 Å². The predicted molar refractivity (Wildman–Crippen MR) is 124 cm³/mol. The highest BCUT2D eigenvalue weighted by Gasteiger charge is 2.40. The van der Waals surface area contributed by atoms with Crippen molar-refractivity contribution in [3.05, 3.63) is 59.1 Å². The number of carbonyl (C=O) groups is 1. The Balaban J connectivity index is 1.45. The van der Waals surface area contributed by atoms with Gasteiger partial charge in [0.1, 0.15) is 10.8 Å². The van der Waals surface area contributed by atoms with Gasteiger partial charge in [-0.05, 0) is 54.8 Å². The molecule has 1 spiro atoms. The van der Waals surface area contributed by atoms with Gasteiger partial charge in [-0.15, -0.1) is 11.8 Å². The third-order valence-corrected chi connectivity index (χ3v) is 6.26. The number of methoxy groups -OCH3 is 1. The first-order valence-electron chi connectivity index (χ1n) is 9.72. The van der Waals surface area contributed by atoms with E-state index in [1.54, 1.807) is 43.1 Å². The second-order valence-electron chi connectivity index (χ2n) is 7.22. The Hall–Kier alpha value is -2.51. The van der Waals surface area contributed by atoms with Gasteiger partial charge in [0.05, 0.1) is 12.8 Å². The van der Waals surface area contributed by atoms with E-state index in [0.717, 1.165) is 27.8 Å². The number of thioether (sulfide) groups is 1. The van der Waals surface area contributed by atoms with Gasteiger partial charge in [-0.25, -0.2) is 9.79 Å². The number of hydrogen-bond donors (Lipinski definition) is 1. The fourth-order valence-corrected chi connectivity index (χ4v) is 4.37. The number of ether oxygens (including phenoxy) is 1. The molecule has 0 radical (unpaired) electrons. The summed E-state index contributed by atoms with van der Waals surface area (Å²) in [4.78, 5) is 24.4. The molecule has 1 saturated heterocycles. The number of anilines is 1. The number of nitrogens with zero attached hydrogens (tertiary/aromatic N) is 3. The molecule has 2 heterocycles. The van der Waals surface area contributed by atoms with E-state index in [-0.39, 0.29) is 6.03 Å². The van der Waals surface area contributed by atoms with Gasteiger partial charge < -0.3 is 15.0 Å². The van der Waals surface area contributed by atoms with Crippen molar-refractivity contribution in [3.63, 3.8) is 0 Å². The van der Waals surface area contributed by atoms with Crippen LogP contribution in [0.15, 0.2) is 58.5 Å². The Morgan fingerprint density at radius 3 is 2.37 bits per heavy atom. The van der Waals surface area contributed by atoms with Gasteiger partial charge in [0, 0.05) is 42.2 Å². The number of rotatable bonds is 3. The summed E-state index contributed by atoms with van der Waals surface area (Å²) < 4.78 is 5.25. The highest BCUT2D eigenvalue weighted by molar-refractivity contribution is 8.15. The van der Waals surface area contributed by atoms with Gasteiger partial charge in [0.15, 0.2) is 5.66 Å². The smallest absolute Gasteiger partial charge is 0.321 e. The molecule has 2 amide bonds. The summed E-state index contributed by atoms with van der Waals surface area (Å²) in [5.41, 5.74) is 2.20. The number of carbonyl (C=O) groups excluding carboxylic acids is 1. The minimum Gasteiger partial charge on any atom is -0.497 e. The molecule has 0 atom stereocenters. The van der Waals surface area contributed by atoms with Crippen LogP contribution >= 0.6 is 23.4 Å². The van der Waals surface area contributed by atoms with Crippen LogP contribution in [-0.2, 0) is 0 Å². The molecule has 156 valence electrons. The molecule has 0 saturated carbocycles. The maximum absolute atomic E-state index is 12.6. The third-order valence-electron chi connectivity index (χ3n) is 5.34. The lowest BCUT2D eigenvalue weighted by Gasteiger charge is -2.35. The Morgan fingerprint density at radius 2 is 1.77 bits per heavy atom. The first-order chi connectivity index (χ1) is 14.5. The number of aliphatic imine (C=N–C) groups is 2. The lowest BCUT2D eigenvalue weighted by molar-refractivity contribution is 0.175. The van der Waals surface area contributed by atoms with Crippen molar-refractivity contribution in [1.29, 1.82) is 0 Å². The first kappa shape index (κ1) is 20.8. The van der Waals surface area contributed by atoms with E-state index >= 15 is 0 Å². The maximum atomic E-state index is 12.6. The number of hydrogen-bond acceptors (Lipinski definition) is 5. The van der Waals surface area contributed by atoms with Crippen molar-refractivity contribution < 1.29 is 9.53 Å². The number of amides is 2. The van der Waals surface area contributed by atoms with E-state index in [9.17, 15) is 4.79 Å². The fourth-order valence-electron chi connectivity index (χ4n) is 3.63. The van der Waals surface area contributed by atoms with Crippen LogP contribution in [-0.4, -0.2) is 53.8 Å². The molecule has 0 aromatic heterocycles. The average molecular weight is 443 g/mol. The Morgan fingerprint density at radius 1 is 1.10 bits per heavy atom. The Kier molecular flexibility index (Phi) is 6.01. The Labute approximate surface area is 185 Å². The standard InChI is InChI=1S/C22H23ClN4O2S/c1-29-18-9-3-15(4-10-18)19-20(30-2)26-22(25-19)11-13-27(14-12-22)21(28)24-17-7-5-16(23)6-8-17/h3-10H,11-14H2,1-2H3,(H,24,28). The summed E-state index contributed by atoms with van der Waals surface area (Å²) in [6.07, 6.45) is 3.42. The number of benzene rings is 2. The second kappa shape index (κ2) is 8.70. The quantitative estimate of drug-likeness (QED) is 0.732. The third kappa shape index (κ3) is 4.32. The van der Waals surface area contributed by atoms with E-state index in [1.807, 2.05) is 35.4 Å². The van der Waals surface area contributed by atoms with E-state index in [1.165, 1.54) is 0 Å². The SMILES string of the molecule is COc1ccc(C2=NC3(CCN(C(=O)Nc4ccc(Cl)cc4)CC3)N=C2SC)cc1. The summed E-state index contributed by atoms with van der Waals surface area (Å²) in [5.74, 6) is 0.815. The van der Waals surface area contributed by atoms with Crippen LogP contribution in [0.1, 0.15) is 18.4 Å². The molecule has 8 heteroatoms. The number of likely N-dealkylation sites (tertiary alicyclic amines) is 1. The number of piperidine rings is 1. The van der Waals surface area contributed by atoms with Crippen molar-refractivity contribution in [2.75, 3.05) is 31.8 Å². The summed E-state index contributed by atoms with van der Waals surface area (Å²) in [5, 5.41) is 4.51. The van der Waals surface area contributed by atoms with Gasteiger partial charge >= 0.3 is 6.03 Å². The normalized spacial score (nSPS) is 17.5. The van der Waals surface area contributed by atoms with Crippen LogP contribution in [0.3, 0.4) is 0 Å². The zero-order valence-corrected chi connectivity index (χ0v) is 18.5. The second-order valence-corrected chi connectivity index (χ2v) is 8.45. The largest absolute Gasteiger partial charge is 0.497 e. The minimum atomic E-state index is -0.481. The zero-order valence-electron chi connectivity index (χ0n) is 16.9. The summed E-state index contributed by atoms with van der Waals surface area (Å²) in [6.45, 7) is 1.20. The molecule has 4 rings (SSSR count). The summed E-state index contributed by atoms with van der Waals surface area (Å²) in [7, 11) is 1.66. The average Bonchev–Trinajstić information content (AvgIpc) is 3.14. The molecule has 2 aromatic rings. The molecular weight excluding hydrogens is 420 g/mol. The molecular formula is C22H23ClN4O2S. The molecule has 0 aliphatic carbocycles. The number of urea groups is 1. The van der Waals surface area contributed by atoms with Crippen LogP contribution in [0.5, 0.6) is 5.75 Å². The number of halogens is 1. The molecule has 0 bridgehead atoms. The van der Waals surface area contributed by atoms with Crippen LogP contribution < -0.4 is 10.1 Å². The predicted octanol–water partition coefficient (Wildman–Crippen LogP) is 4.94. The minimum absolute atomic E-state index is 0.112. The van der Waals surface area contributed by atoms with Gasteiger partial charge in [-0.3, -0.25) is 4.99 Å². The molecule has 2 aromatic carbocycles. The first-order valence-corrected chi connectivity index (χ1v) is 11.3. The zero-order chi connectivity index (χ0) is 21.1. The monoisotopic (exact) mass is 442 g/mol. The molecule has 1 N–H and O–H groups in total. The molecule has 2 aliphatic heterocycles. The Bertz CT molecular complexity index is 981. The van der Waals surface area contributed by atoms with E-state index in [2.05, 4.69) is 5.32 Å². The fraction of sp³-hybridized carbons (Fsp3) is 0.318. The van der Waals surface area contributed by atoms with Crippen molar-refractivity contribution in [1.82, 2.24) is 4.90 Å². The lowest BCUT2D eigenvalue weighted by Crippen LogP contribution is -2.46. The van der Waals surface area contributed by atoms with Gasteiger partial charge in [0.2, 0.25) is 0 Å². The van der Waals surface area contributed by atoms with Crippen LogP contribution in [0.2, 0.25) is 5.02 Å². The van der Waals surface area contributed by atoms with Crippen molar-refractivity contribution in [2.45, 2.75) is 18.5 Å². The van der Waals surface area contributed by atoms with Gasteiger partial charge in [0.25, 0.3) is 0 Å².